The van der Waals surface area contributed by atoms with Crippen LogP contribution in [-0.2, 0) is 11.2 Å². The molecule has 1 aromatic carbocycles. The predicted molar refractivity (Wildman–Crippen MR) is 62.1 cm³/mol. The average molecular weight is 226 g/mol. The summed E-state index contributed by atoms with van der Waals surface area (Å²) in [6.45, 7) is 5.03. The molecule has 1 aliphatic rings. The van der Waals surface area contributed by atoms with Crippen molar-refractivity contribution in [3.8, 4) is 0 Å². The molecule has 0 aromatic heterocycles. The van der Waals surface area contributed by atoms with E-state index in [0.717, 1.165) is 23.6 Å². The third kappa shape index (κ3) is 2.71. The van der Waals surface area contributed by atoms with Gasteiger partial charge in [0.1, 0.15) is 6.23 Å². The maximum atomic E-state index is 6.09. The molecule has 0 bridgehead atoms. The minimum Gasteiger partial charge on any atom is -0.361 e. The van der Waals surface area contributed by atoms with Gasteiger partial charge in [-0.3, -0.25) is 5.32 Å². The summed E-state index contributed by atoms with van der Waals surface area (Å²) in [6.07, 6.45) is 0.906. The second-order valence-electron chi connectivity index (χ2n) is 4.62. The zero-order valence-electron chi connectivity index (χ0n) is 9.09. The van der Waals surface area contributed by atoms with Crippen molar-refractivity contribution in [1.29, 1.82) is 0 Å². The molecule has 1 atom stereocenters. The third-order valence-electron chi connectivity index (χ3n) is 2.56. The van der Waals surface area contributed by atoms with Crippen LogP contribution in [-0.4, -0.2) is 18.4 Å². The monoisotopic (exact) mass is 225 g/mol. The molecule has 0 saturated carbocycles. The van der Waals surface area contributed by atoms with Gasteiger partial charge in [-0.2, -0.15) is 0 Å². The first-order chi connectivity index (χ1) is 7.07. The van der Waals surface area contributed by atoms with Gasteiger partial charge in [-0.15, -0.1) is 0 Å². The summed E-state index contributed by atoms with van der Waals surface area (Å²) >= 11 is 6.09. The minimum absolute atomic E-state index is 0.0753. The van der Waals surface area contributed by atoms with E-state index in [-0.39, 0.29) is 11.8 Å². The Balaban J connectivity index is 2.02. The Hall–Kier alpha value is -0.570. The van der Waals surface area contributed by atoms with Crippen molar-refractivity contribution in [2.24, 2.45) is 0 Å². The van der Waals surface area contributed by atoms with Crippen LogP contribution in [0.1, 0.15) is 19.4 Å². The Morgan fingerprint density at radius 3 is 2.80 bits per heavy atom. The fourth-order valence-corrected chi connectivity index (χ4v) is 2.01. The van der Waals surface area contributed by atoms with Gasteiger partial charge in [0.2, 0.25) is 0 Å². The van der Waals surface area contributed by atoms with Gasteiger partial charge in [-0.05, 0) is 25.5 Å². The summed E-state index contributed by atoms with van der Waals surface area (Å²) in [6, 6.07) is 7.90. The van der Waals surface area contributed by atoms with Crippen LogP contribution in [0.3, 0.4) is 0 Å². The number of rotatable bonds is 2. The fourth-order valence-electron chi connectivity index (χ4n) is 1.80. The highest BCUT2D eigenvalue weighted by molar-refractivity contribution is 6.31. The van der Waals surface area contributed by atoms with Crippen LogP contribution < -0.4 is 5.32 Å². The summed E-state index contributed by atoms with van der Waals surface area (Å²) in [5.41, 5.74) is 1.21. The second-order valence-corrected chi connectivity index (χ2v) is 5.03. The van der Waals surface area contributed by atoms with Gasteiger partial charge >= 0.3 is 0 Å². The summed E-state index contributed by atoms with van der Waals surface area (Å²) in [5.74, 6) is 0. The number of benzene rings is 1. The van der Waals surface area contributed by atoms with E-state index in [1.54, 1.807) is 0 Å². The average Bonchev–Trinajstić information content (AvgIpc) is 2.50. The van der Waals surface area contributed by atoms with Crippen LogP contribution >= 0.6 is 11.6 Å². The summed E-state index contributed by atoms with van der Waals surface area (Å²) in [5, 5.41) is 4.24. The minimum atomic E-state index is 0.0753. The van der Waals surface area contributed by atoms with Gasteiger partial charge in [-0.25, -0.2) is 0 Å². The Labute approximate surface area is 95.6 Å². The maximum Gasteiger partial charge on any atom is 0.112 e. The Bertz CT molecular complexity index is 351. The van der Waals surface area contributed by atoms with Crippen molar-refractivity contribution >= 4 is 11.6 Å². The van der Waals surface area contributed by atoms with Crippen molar-refractivity contribution < 1.29 is 4.74 Å². The molecule has 0 radical (unpaired) electrons. The number of hydrogen-bond donors (Lipinski definition) is 1. The molecule has 2 nitrogen and oxygen atoms in total. The molecule has 3 heteroatoms. The van der Waals surface area contributed by atoms with Gasteiger partial charge in [0, 0.05) is 17.0 Å². The molecule has 1 heterocycles. The molecule has 1 fully saturated rings. The zero-order valence-corrected chi connectivity index (χ0v) is 9.84. The molecule has 1 aromatic rings. The zero-order chi connectivity index (χ0) is 10.9. The summed E-state index contributed by atoms with van der Waals surface area (Å²) in [4.78, 5) is 0. The number of hydrogen-bond acceptors (Lipinski definition) is 2. The first kappa shape index (κ1) is 10.9. The first-order valence-electron chi connectivity index (χ1n) is 5.19. The molecule has 82 valence electrons. The van der Waals surface area contributed by atoms with Gasteiger partial charge in [-0.1, -0.05) is 29.8 Å². The van der Waals surface area contributed by atoms with Crippen LogP contribution in [0.25, 0.3) is 0 Å². The smallest absolute Gasteiger partial charge is 0.112 e. The Morgan fingerprint density at radius 2 is 2.20 bits per heavy atom. The number of nitrogens with one attached hydrogen (secondary N) is 1. The lowest BCUT2D eigenvalue weighted by atomic mass is 10.1. The SMILES string of the molecule is CC1(C)COC(Cc2ccccc2Cl)N1. The van der Waals surface area contributed by atoms with Crippen molar-refractivity contribution in [3.63, 3.8) is 0 Å². The van der Waals surface area contributed by atoms with Crippen LogP contribution in [0.4, 0.5) is 0 Å². The van der Waals surface area contributed by atoms with E-state index < -0.39 is 0 Å². The summed E-state index contributed by atoms with van der Waals surface area (Å²) in [7, 11) is 0. The second kappa shape index (κ2) is 4.12. The normalized spacial score (nSPS) is 24.3. The number of ether oxygens (including phenoxy) is 1. The van der Waals surface area contributed by atoms with E-state index >= 15 is 0 Å². The lowest BCUT2D eigenvalue weighted by Gasteiger charge is -2.17. The van der Waals surface area contributed by atoms with Gasteiger partial charge in [0.25, 0.3) is 0 Å². The van der Waals surface area contributed by atoms with E-state index in [2.05, 4.69) is 19.2 Å². The molecule has 1 aliphatic heterocycles. The van der Waals surface area contributed by atoms with Crippen LogP contribution in [0.5, 0.6) is 0 Å². The van der Waals surface area contributed by atoms with Gasteiger partial charge in [0.15, 0.2) is 0 Å². The van der Waals surface area contributed by atoms with E-state index in [1.165, 1.54) is 0 Å². The lowest BCUT2D eigenvalue weighted by molar-refractivity contribution is 0.0987. The highest BCUT2D eigenvalue weighted by Crippen LogP contribution is 2.21. The molecule has 1 N–H and O–H groups in total. The Morgan fingerprint density at radius 1 is 1.47 bits per heavy atom. The van der Waals surface area contributed by atoms with Crippen LogP contribution in [0.15, 0.2) is 24.3 Å². The molecule has 1 unspecified atom stereocenters. The van der Waals surface area contributed by atoms with Gasteiger partial charge in [0.05, 0.1) is 6.61 Å². The third-order valence-corrected chi connectivity index (χ3v) is 2.93. The standard InChI is InChI=1S/C12H16ClNO/c1-12(2)8-15-11(14-12)7-9-5-3-4-6-10(9)13/h3-6,11,14H,7-8H2,1-2H3. The van der Waals surface area contributed by atoms with Crippen molar-refractivity contribution in [2.75, 3.05) is 6.61 Å². The molecular weight excluding hydrogens is 210 g/mol. The molecule has 0 spiro atoms. The predicted octanol–water partition coefficient (Wildman–Crippen LogP) is 2.61. The van der Waals surface area contributed by atoms with E-state index in [9.17, 15) is 0 Å². The number of halogens is 1. The molecule has 0 aliphatic carbocycles. The van der Waals surface area contributed by atoms with E-state index in [4.69, 9.17) is 16.3 Å². The van der Waals surface area contributed by atoms with E-state index in [1.807, 2.05) is 24.3 Å². The molecular formula is C12H16ClNO. The first-order valence-corrected chi connectivity index (χ1v) is 5.57. The maximum absolute atomic E-state index is 6.09. The quantitative estimate of drug-likeness (QED) is 0.836. The highest BCUT2D eigenvalue weighted by atomic mass is 35.5. The molecule has 2 rings (SSSR count). The van der Waals surface area contributed by atoms with Crippen molar-refractivity contribution in [2.45, 2.75) is 32.0 Å². The lowest BCUT2D eigenvalue weighted by Crippen LogP contribution is -2.39. The molecule has 1 saturated heterocycles. The molecule has 0 amide bonds. The van der Waals surface area contributed by atoms with Crippen molar-refractivity contribution in [3.05, 3.63) is 34.9 Å². The van der Waals surface area contributed by atoms with Crippen LogP contribution in [0, 0.1) is 0 Å². The topological polar surface area (TPSA) is 21.3 Å². The highest BCUT2D eigenvalue weighted by Gasteiger charge is 2.30. The fraction of sp³-hybridized carbons (Fsp3) is 0.500. The summed E-state index contributed by atoms with van der Waals surface area (Å²) < 4.78 is 5.66. The molecule has 15 heavy (non-hydrogen) atoms. The Kier molecular flexibility index (Phi) is 3.01. The van der Waals surface area contributed by atoms with Crippen LogP contribution in [0.2, 0.25) is 5.02 Å². The van der Waals surface area contributed by atoms with E-state index in [0.29, 0.717) is 0 Å². The largest absolute Gasteiger partial charge is 0.361 e. The van der Waals surface area contributed by atoms with Crippen molar-refractivity contribution in [1.82, 2.24) is 5.32 Å². The van der Waals surface area contributed by atoms with Gasteiger partial charge < -0.3 is 4.74 Å².